The minimum Gasteiger partial charge on any atom is -0.366 e. The predicted molar refractivity (Wildman–Crippen MR) is 124 cm³/mol. The van der Waals surface area contributed by atoms with E-state index in [9.17, 15) is 13.6 Å². The van der Waals surface area contributed by atoms with Crippen LogP contribution in [0.3, 0.4) is 0 Å². The standard InChI is InChI=1S/C25H20F2N6O/c1-32-12-18(24(34)29-21-4-2-15-9-19(26)20(27)11-16(15)21)17-8-13(3-5-22(17)32)14-6-7-33-23(10-14)30-25(28)31-33/h3,5-12,21H,2,4H2,1H3,(H2,28,31)(H,29,34)/t21-/m0/s1. The quantitative estimate of drug-likeness (QED) is 0.425. The van der Waals surface area contributed by atoms with Crippen LogP contribution in [0, 0.1) is 11.6 Å². The molecule has 0 fully saturated rings. The van der Waals surface area contributed by atoms with Gasteiger partial charge in [0.15, 0.2) is 17.3 Å². The molecule has 0 saturated carbocycles. The Labute approximate surface area is 192 Å². The monoisotopic (exact) mass is 458 g/mol. The van der Waals surface area contributed by atoms with Crippen molar-refractivity contribution in [3.63, 3.8) is 0 Å². The number of nitrogen functional groups attached to an aromatic ring is 1. The van der Waals surface area contributed by atoms with Crippen molar-refractivity contribution in [1.82, 2.24) is 24.5 Å². The maximum Gasteiger partial charge on any atom is 0.253 e. The molecule has 9 heteroatoms. The minimum absolute atomic E-state index is 0.200. The second-order valence-electron chi connectivity index (χ2n) is 8.60. The molecule has 2 aromatic carbocycles. The van der Waals surface area contributed by atoms with Crippen molar-refractivity contribution in [3.8, 4) is 11.1 Å². The lowest BCUT2D eigenvalue weighted by molar-refractivity contribution is 0.0938. The van der Waals surface area contributed by atoms with Crippen molar-refractivity contribution in [1.29, 1.82) is 0 Å². The minimum atomic E-state index is -0.902. The number of hydrogen-bond acceptors (Lipinski definition) is 4. The molecule has 34 heavy (non-hydrogen) atoms. The van der Waals surface area contributed by atoms with E-state index in [1.54, 1.807) is 16.9 Å². The molecular formula is C25H20F2N6O. The Kier molecular flexibility index (Phi) is 4.41. The van der Waals surface area contributed by atoms with E-state index in [2.05, 4.69) is 15.4 Å². The van der Waals surface area contributed by atoms with Gasteiger partial charge in [0, 0.05) is 30.3 Å². The van der Waals surface area contributed by atoms with Crippen LogP contribution in [0.4, 0.5) is 14.7 Å². The number of nitrogens with one attached hydrogen (secondary N) is 1. The maximum atomic E-state index is 13.8. The molecule has 5 aromatic rings. The zero-order chi connectivity index (χ0) is 23.6. The SMILES string of the molecule is Cn1cc(C(=O)N[C@H]2CCc3cc(F)c(F)cc32)c2cc(-c3ccn4nc(N)nc4c3)ccc21. The van der Waals surface area contributed by atoms with Crippen LogP contribution in [-0.4, -0.2) is 25.1 Å². The summed E-state index contributed by atoms with van der Waals surface area (Å²) in [7, 11) is 1.88. The number of nitrogens with zero attached hydrogens (tertiary/aromatic N) is 4. The highest BCUT2D eigenvalue weighted by Gasteiger charge is 2.27. The van der Waals surface area contributed by atoms with Crippen LogP contribution in [0.25, 0.3) is 27.7 Å². The van der Waals surface area contributed by atoms with E-state index in [0.29, 0.717) is 29.6 Å². The number of hydrogen-bond donors (Lipinski definition) is 2. The summed E-state index contributed by atoms with van der Waals surface area (Å²) in [5.41, 5.74) is 10.9. The number of aromatic nitrogens is 4. The smallest absolute Gasteiger partial charge is 0.253 e. The molecule has 3 N–H and O–H groups in total. The Morgan fingerprint density at radius 3 is 2.76 bits per heavy atom. The van der Waals surface area contributed by atoms with Gasteiger partial charge in [-0.2, -0.15) is 4.98 Å². The van der Waals surface area contributed by atoms with Gasteiger partial charge in [-0.3, -0.25) is 4.79 Å². The number of nitrogens with two attached hydrogens (primary N) is 1. The van der Waals surface area contributed by atoms with Crippen molar-refractivity contribution < 1.29 is 13.6 Å². The molecule has 0 spiro atoms. The fourth-order valence-electron chi connectivity index (χ4n) is 4.82. The first-order chi connectivity index (χ1) is 16.4. The number of benzene rings is 2. The highest BCUT2D eigenvalue weighted by atomic mass is 19.2. The summed E-state index contributed by atoms with van der Waals surface area (Å²) in [6, 6.07) is 11.8. The number of carbonyl (C=O) groups excluding carboxylic acids is 1. The van der Waals surface area contributed by atoms with Crippen molar-refractivity contribution in [3.05, 3.63) is 83.2 Å². The Bertz CT molecular complexity index is 1620. The molecule has 0 saturated heterocycles. The second kappa shape index (κ2) is 7.38. The van der Waals surface area contributed by atoms with Crippen molar-refractivity contribution in [2.75, 3.05) is 5.73 Å². The summed E-state index contributed by atoms with van der Waals surface area (Å²) in [5.74, 6) is -1.82. The second-order valence-corrected chi connectivity index (χ2v) is 8.60. The van der Waals surface area contributed by atoms with Crippen LogP contribution in [0.2, 0.25) is 0 Å². The summed E-state index contributed by atoms with van der Waals surface area (Å²) in [6.07, 6.45) is 4.76. The van der Waals surface area contributed by atoms with Crippen molar-refractivity contribution in [2.24, 2.45) is 7.05 Å². The number of anilines is 1. The molecular weight excluding hydrogens is 438 g/mol. The van der Waals surface area contributed by atoms with Gasteiger partial charge in [-0.25, -0.2) is 13.3 Å². The van der Waals surface area contributed by atoms with E-state index in [4.69, 9.17) is 5.73 Å². The van der Waals surface area contributed by atoms with E-state index < -0.39 is 11.6 Å². The highest BCUT2D eigenvalue weighted by molar-refractivity contribution is 6.08. The van der Waals surface area contributed by atoms with E-state index in [-0.39, 0.29) is 17.9 Å². The van der Waals surface area contributed by atoms with Gasteiger partial charge >= 0.3 is 0 Å². The molecule has 3 aromatic heterocycles. The predicted octanol–water partition coefficient (Wildman–Crippen LogP) is 4.17. The first kappa shape index (κ1) is 20.3. The Morgan fingerprint density at radius 1 is 1.12 bits per heavy atom. The number of carbonyl (C=O) groups is 1. The van der Waals surface area contributed by atoms with Crippen LogP contribution >= 0.6 is 0 Å². The van der Waals surface area contributed by atoms with Gasteiger partial charge in [0.05, 0.1) is 11.6 Å². The van der Waals surface area contributed by atoms with Gasteiger partial charge in [-0.05, 0) is 71.5 Å². The zero-order valence-corrected chi connectivity index (χ0v) is 18.2. The largest absolute Gasteiger partial charge is 0.366 e. The molecule has 170 valence electrons. The molecule has 1 amide bonds. The summed E-state index contributed by atoms with van der Waals surface area (Å²) in [6.45, 7) is 0. The molecule has 1 atom stereocenters. The van der Waals surface area contributed by atoms with E-state index in [1.807, 2.05) is 41.9 Å². The van der Waals surface area contributed by atoms with E-state index >= 15 is 0 Å². The topological polar surface area (TPSA) is 90.2 Å². The number of fused-ring (bicyclic) bond motifs is 3. The molecule has 0 bridgehead atoms. The van der Waals surface area contributed by atoms with Crippen molar-refractivity contribution in [2.45, 2.75) is 18.9 Å². The molecule has 1 aliphatic rings. The van der Waals surface area contributed by atoms with Gasteiger partial charge in [0.1, 0.15) is 0 Å². The Hall–Kier alpha value is -4.27. The lowest BCUT2D eigenvalue weighted by atomic mass is 10.0. The van der Waals surface area contributed by atoms with Gasteiger partial charge in [-0.15, -0.1) is 5.10 Å². The van der Waals surface area contributed by atoms with Gasteiger partial charge in [0.2, 0.25) is 5.95 Å². The van der Waals surface area contributed by atoms with Gasteiger partial charge in [0.25, 0.3) is 5.91 Å². The average molecular weight is 458 g/mol. The first-order valence-corrected chi connectivity index (χ1v) is 10.9. The lowest BCUT2D eigenvalue weighted by Crippen LogP contribution is -2.27. The third-order valence-corrected chi connectivity index (χ3v) is 6.49. The van der Waals surface area contributed by atoms with Crippen LogP contribution in [0.15, 0.2) is 54.9 Å². The summed E-state index contributed by atoms with van der Waals surface area (Å²) in [4.78, 5) is 17.5. The summed E-state index contributed by atoms with van der Waals surface area (Å²) < 4.78 is 30.9. The van der Waals surface area contributed by atoms with Gasteiger partial charge in [-0.1, -0.05) is 6.07 Å². The molecule has 6 rings (SSSR count). The lowest BCUT2D eigenvalue weighted by Gasteiger charge is -2.14. The fraction of sp³-hybridized carbons (Fsp3) is 0.160. The van der Waals surface area contributed by atoms with E-state index in [1.165, 1.54) is 12.1 Å². The normalized spacial score (nSPS) is 15.2. The summed E-state index contributed by atoms with van der Waals surface area (Å²) >= 11 is 0. The molecule has 0 aliphatic heterocycles. The molecule has 0 unspecified atom stereocenters. The Balaban J connectivity index is 1.36. The average Bonchev–Trinajstić information content (AvgIpc) is 3.48. The number of halogens is 2. The van der Waals surface area contributed by atoms with Crippen LogP contribution < -0.4 is 11.1 Å². The number of amides is 1. The van der Waals surface area contributed by atoms with E-state index in [0.717, 1.165) is 27.6 Å². The number of aryl methyl sites for hydroxylation is 2. The molecule has 0 radical (unpaired) electrons. The first-order valence-electron chi connectivity index (χ1n) is 10.9. The maximum absolute atomic E-state index is 13.8. The molecule has 7 nitrogen and oxygen atoms in total. The summed E-state index contributed by atoms with van der Waals surface area (Å²) in [5, 5.41) is 7.90. The zero-order valence-electron chi connectivity index (χ0n) is 18.2. The third-order valence-electron chi connectivity index (χ3n) is 6.49. The molecule has 1 aliphatic carbocycles. The highest BCUT2D eigenvalue weighted by Crippen LogP contribution is 2.34. The number of pyridine rings is 1. The number of rotatable bonds is 3. The fourth-order valence-corrected chi connectivity index (χ4v) is 4.82. The third kappa shape index (κ3) is 3.20. The van der Waals surface area contributed by atoms with Crippen molar-refractivity contribution >= 4 is 28.4 Å². The van der Waals surface area contributed by atoms with Crippen LogP contribution in [-0.2, 0) is 13.5 Å². The van der Waals surface area contributed by atoms with Gasteiger partial charge < -0.3 is 15.6 Å². The molecule has 3 heterocycles. The van der Waals surface area contributed by atoms with Crippen LogP contribution in [0.1, 0.15) is 33.9 Å². The van der Waals surface area contributed by atoms with Crippen LogP contribution in [0.5, 0.6) is 0 Å². The Morgan fingerprint density at radius 2 is 1.91 bits per heavy atom.